The van der Waals surface area contributed by atoms with Crippen molar-refractivity contribution in [3.63, 3.8) is 0 Å². The Bertz CT molecular complexity index is 802. The second kappa shape index (κ2) is 10.3. The maximum absolute atomic E-state index is 12.7. The number of carbonyl (C=O) groups is 3. The molecule has 6 heteroatoms. The molecule has 0 spiro atoms. The van der Waals surface area contributed by atoms with E-state index >= 15 is 0 Å². The van der Waals surface area contributed by atoms with E-state index in [0.717, 1.165) is 5.56 Å². The highest BCUT2D eigenvalue weighted by Gasteiger charge is 2.20. The number of nitrogens with one attached hydrogen (secondary N) is 2. The van der Waals surface area contributed by atoms with Crippen LogP contribution in [-0.2, 0) is 9.59 Å². The molecule has 2 N–H and O–H groups in total. The summed E-state index contributed by atoms with van der Waals surface area (Å²) in [6.45, 7) is 6.14. The normalized spacial score (nSPS) is 10.4. The second-order valence-electron chi connectivity index (χ2n) is 7.14. The van der Waals surface area contributed by atoms with E-state index in [0.29, 0.717) is 17.8 Å². The summed E-state index contributed by atoms with van der Waals surface area (Å²) in [6, 6.07) is 16.3. The lowest BCUT2D eigenvalue weighted by molar-refractivity contribution is -0.124. The molecule has 0 atom stereocenters. The Hall–Kier alpha value is -3.15. The summed E-state index contributed by atoms with van der Waals surface area (Å²) in [5.74, 6) is -0.676. The molecule has 0 unspecified atom stereocenters. The Morgan fingerprint density at radius 1 is 0.929 bits per heavy atom. The van der Waals surface area contributed by atoms with E-state index in [1.807, 2.05) is 39.0 Å². The van der Waals surface area contributed by atoms with E-state index in [1.165, 1.54) is 4.90 Å². The van der Waals surface area contributed by atoms with Crippen molar-refractivity contribution < 1.29 is 14.4 Å². The first-order valence-electron chi connectivity index (χ1n) is 9.32. The zero-order valence-electron chi connectivity index (χ0n) is 16.6. The van der Waals surface area contributed by atoms with Crippen LogP contribution in [0.4, 0.5) is 5.69 Å². The molecule has 2 aromatic rings. The molecule has 0 heterocycles. The first kappa shape index (κ1) is 21.2. The number of hydrogen-bond acceptors (Lipinski definition) is 3. The fraction of sp³-hybridized carbons (Fsp3) is 0.318. The summed E-state index contributed by atoms with van der Waals surface area (Å²) in [6.07, 6.45) is 0. The highest BCUT2D eigenvalue weighted by atomic mass is 16.2. The van der Waals surface area contributed by atoms with Crippen LogP contribution in [0, 0.1) is 12.8 Å². The van der Waals surface area contributed by atoms with Crippen LogP contribution < -0.4 is 10.6 Å². The van der Waals surface area contributed by atoms with Crippen LogP contribution in [0.15, 0.2) is 54.6 Å². The highest BCUT2D eigenvalue weighted by Crippen LogP contribution is 2.09. The minimum absolute atomic E-state index is 0.0935. The first-order chi connectivity index (χ1) is 13.3. The number of hydrogen-bond donors (Lipinski definition) is 2. The van der Waals surface area contributed by atoms with Gasteiger partial charge in [-0.3, -0.25) is 14.4 Å². The van der Waals surface area contributed by atoms with Gasteiger partial charge in [-0.2, -0.15) is 0 Å². The van der Waals surface area contributed by atoms with Gasteiger partial charge in [0.15, 0.2) is 0 Å². The molecule has 2 rings (SSSR count). The van der Waals surface area contributed by atoms with Crippen molar-refractivity contribution in [2.45, 2.75) is 20.8 Å². The molecule has 2 aromatic carbocycles. The third-order valence-electron chi connectivity index (χ3n) is 4.01. The van der Waals surface area contributed by atoms with Crippen molar-refractivity contribution in [3.8, 4) is 0 Å². The van der Waals surface area contributed by atoms with Crippen LogP contribution in [0.25, 0.3) is 0 Å². The van der Waals surface area contributed by atoms with Crippen molar-refractivity contribution in [1.29, 1.82) is 0 Å². The van der Waals surface area contributed by atoms with Crippen LogP contribution in [0.3, 0.4) is 0 Å². The zero-order chi connectivity index (χ0) is 20.5. The number of aryl methyl sites for hydroxylation is 1. The second-order valence-corrected chi connectivity index (χ2v) is 7.14. The van der Waals surface area contributed by atoms with E-state index < -0.39 is 0 Å². The van der Waals surface area contributed by atoms with Crippen LogP contribution in [0.2, 0.25) is 0 Å². The molecule has 0 bridgehead atoms. The third-order valence-corrected chi connectivity index (χ3v) is 4.01. The summed E-state index contributed by atoms with van der Waals surface area (Å²) < 4.78 is 0. The predicted molar refractivity (Wildman–Crippen MR) is 110 cm³/mol. The van der Waals surface area contributed by atoms with Crippen LogP contribution in [0.1, 0.15) is 29.8 Å². The summed E-state index contributed by atoms with van der Waals surface area (Å²) in [4.78, 5) is 38.5. The van der Waals surface area contributed by atoms with Crippen LogP contribution in [-0.4, -0.2) is 42.3 Å². The van der Waals surface area contributed by atoms with Crippen molar-refractivity contribution >= 4 is 23.4 Å². The van der Waals surface area contributed by atoms with E-state index in [-0.39, 0.29) is 36.7 Å². The smallest absolute Gasteiger partial charge is 0.254 e. The quantitative estimate of drug-likeness (QED) is 0.738. The summed E-state index contributed by atoms with van der Waals surface area (Å²) in [5.41, 5.74) is 2.30. The van der Waals surface area contributed by atoms with Gasteiger partial charge >= 0.3 is 0 Å². The van der Waals surface area contributed by atoms with Gasteiger partial charge in [-0.05, 0) is 37.1 Å². The highest BCUT2D eigenvalue weighted by molar-refractivity contribution is 5.98. The molecule has 0 saturated carbocycles. The molecule has 0 fully saturated rings. The summed E-state index contributed by atoms with van der Waals surface area (Å²) in [5, 5.41) is 5.30. The van der Waals surface area contributed by atoms with Crippen LogP contribution in [0.5, 0.6) is 0 Å². The Kier molecular flexibility index (Phi) is 7.75. The van der Waals surface area contributed by atoms with Crippen molar-refractivity contribution in [2.24, 2.45) is 5.92 Å². The van der Waals surface area contributed by atoms with E-state index in [1.54, 1.807) is 36.4 Å². The summed E-state index contributed by atoms with van der Waals surface area (Å²) >= 11 is 0. The van der Waals surface area contributed by atoms with Gasteiger partial charge < -0.3 is 15.5 Å². The zero-order valence-corrected chi connectivity index (χ0v) is 16.6. The molecule has 0 aliphatic rings. The fourth-order valence-corrected chi connectivity index (χ4v) is 2.67. The number of rotatable bonds is 8. The van der Waals surface area contributed by atoms with Crippen molar-refractivity contribution in [3.05, 3.63) is 65.7 Å². The molecule has 6 nitrogen and oxygen atoms in total. The van der Waals surface area contributed by atoms with Crippen molar-refractivity contribution in [2.75, 3.05) is 25.0 Å². The fourth-order valence-electron chi connectivity index (χ4n) is 2.67. The maximum Gasteiger partial charge on any atom is 0.254 e. The van der Waals surface area contributed by atoms with E-state index in [9.17, 15) is 14.4 Å². The minimum Gasteiger partial charge on any atom is -0.345 e. The maximum atomic E-state index is 12.7. The molecule has 148 valence electrons. The number of carbonyl (C=O) groups excluding carboxylic acids is 3. The van der Waals surface area contributed by atoms with Gasteiger partial charge in [0.1, 0.15) is 0 Å². The van der Waals surface area contributed by atoms with Gasteiger partial charge in [-0.25, -0.2) is 0 Å². The molecular weight excluding hydrogens is 354 g/mol. The lowest BCUT2D eigenvalue weighted by Crippen LogP contribution is -2.44. The average Bonchev–Trinajstić information content (AvgIpc) is 2.67. The number of nitrogens with zero attached hydrogens (tertiary/aromatic N) is 1. The molecule has 28 heavy (non-hydrogen) atoms. The van der Waals surface area contributed by atoms with Gasteiger partial charge in [-0.1, -0.05) is 49.7 Å². The van der Waals surface area contributed by atoms with Gasteiger partial charge in [0, 0.05) is 17.8 Å². The molecule has 0 aromatic heterocycles. The Morgan fingerprint density at radius 2 is 1.57 bits per heavy atom. The van der Waals surface area contributed by atoms with E-state index in [2.05, 4.69) is 10.6 Å². The Balaban J connectivity index is 1.89. The van der Waals surface area contributed by atoms with Crippen LogP contribution >= 0.6 is 0 Å². The van der Waals surface area contributed by atoms with Gasteiger partial charge in [0.25, 0.3) is 5.91 Å². The molecular formula is C22H27N3O3. The number of amides is 3. The topological polar surface area (TPSA) is 78.5 Å². The molecule has 3 amide bonds. The number of benzene rings is 2. The van der Waals surface area contributed by atoms with E-state index in [4.69, 9.17) is 0 Å². The first-order valence-corrected chi connectivity index (χ1v) is 9.32. The SMILES string of the molecule is Cc1ccc(NC(=O)CNC(=O)CN(CC(C)C)C(=O)c2ccccc2)cc1. The lowest BCUT2D eigenvalue weighted by atomic mass is 10.1. The standard InChI is InChI=1S/C22H27N3O3/c1-16(2)14-25(22(28)18-7-5-4-6-8-18)15-21(27)23-13-20(26)24-19-11-9-17(3)10-12-19/h4-12,16H,13-15H2,1-3H3,(H,23,27)(H,24,26). The minimum atomic E-state index is -0.371. The summed E-state index contributed by atoms with van der Waals surface area (Å²) in [7, 11) is 0. The largest absolute Gasteiger partial charge is 0.345 e. The number of anilines is 1. The molecule has 0 radical (unpaired) electrons. The third kappa shape index (κ3) is 6.87. The Morgan fingerprint density at radius 3 is 2.18 bits per heavy atom. The van der Waals surface area contributed by atoms with Gasteiger partial charge in [-0.15, -0.1) is 0 Å². The molecule has 0 saturated heterocycles. The Labute approximate surface area is 165 Å². The van der Waals surface area contributed by atoms with Crippen molar-refractivity contribution in [1.82, 2.24) is 10.2 Å². The molecule has 0 aliphatic heterocycles. The predicted octanol–water partition coefficient (Wildman–Crippen LogP) is 2.85. The van der Waals surface area contributed by atoms with Gasteiger partial charge in [0.2, 0.25) is 11.8 Å². The average molecular weight is 381 g/mol. The monoisotopic (exact) mass is 381 g/mol. The molecule has 0 aliphatic carbocycles. The van der Waals surface area contributed by atoms with Gasteiger partial charge in [0.05, 0.1) is 13.1 Å². The lowest BCUT2D eigenvalue weighted by Gasteiger charge is -2.24.